The van der Waals surface area contributed by atoms with Gasteiger partial charge in [-0.25, -0.2) is 9.97 Å². The molecular weight excluding hydrogens is 244 g/mol. The van der Waals surface area contributed by atoms with Crippen LogP contribution in [0.1, 0.15) is 41.4 Å². The van der Waals surface area contributed by atoms with Crippen molar-refractivity contribution >= 4 is 11.8 Å². The lowest BCUT2D eigenvalue weighted by Gasteiger charge is -2.12. The van der Waals surface area contributed by atoms with Crippen LogP contribution in [0.3, 0.4) is 0 Å². The summed E-state index contributed by atoms with van der Waals surface area (Å²) < 4.78 is 0. The third kappa shape index (κ3) is 2.43. The summed E-state index contributed by atoms with van der Waals surface area (Å²) in [5, 5.41) is 2.73. The molecule has 100 valence electrons. The standard InChI is InChI=1S/C13H16N4O2/c1-17-5-4-10(13(17)19)16-12(18)9-6-14-11(15-7-9)8-2-3-8/h6-8,10H,2-5H2,1H3,(H,16,18). The van der Waals surface area contributed by atoms with E-state index in [9.17, 15) is 9.59 Å². The summed E-state index contributed by atoms with van der Waals surface area (Å²) in [6.45, 7) is 0.681. The van der Waals surface area contributed by atoms with Gasteiger partial charge in [0, 0.05) is 31.9 Å². The van der Waals surface area contributed by atoms with Gasteiger partial charge in [0.1, 0.15) is 11.9 Å². The number of carbonyl (C=O) groups excluding carboxylic acids is 2. The van der Waals surface area contributed by atoms with Gasteiger partial charge in [-0.3, -0.25) is 9.59 Å². The summed E-state index contributed by atoms with van der Waals surface area (Å²) >= 11 is 0. The maximum atomic E-state index is 12.0. The Hall–Kier alpha value is -1.98. The van der Waals surface area contributed by atoms with Crippen molar-refractivity contribution in [2.45, 2.75) is 31.2 Å². The normalized spacial score (nSPS) is 22.7. The number of nitrogens with one attached hydrogen (secondary N) is 1. The molecule has 1 aliphatic heterocycles. The van der Waals surface area contributed by atoms with Crippen LogP contribution in [0.15, 0.2) is 12.4 Å². The van der Waals surface area contributed by atoms with Gasteiger partial charge in [0.05, 0.1) is 5.56 Å². The highest BCUT2D eigenvalue weighted by atomic mass is 16.2. The van der Waals surface area contributed by atoms with Crippen molar-refractivity contribution in [1.82, 2.24) is 20.2 Å². The van der Waals surface area contributed by atoms with Gasteiger partial charge >= 0.3 is 0 Å². The second-order valence-corrected chi connectivity index (χ2v) is 5.18. The lowest BCUT2D eigenvalue weighted by Crippen LogP contribution is -2.40. The fourth-order valence-corrected chi connectivity index (χ4v) is 2.21. The zero-order valence-corrected chi connectivity index (χ0v) is 10.8. The van der Waals surface area contributed by atoms with Crippen LogP contribution in [-0.4, -0.2) is 46.3 Å². The maximum absolute atomic E-state index is 12.0. The van der Waals surface area contributed by atoms with E-state index in [0.717, 1.165) is 18.7 Å². The van der Waals surface area contributed by atoms with Gasteiger partial charge in [0.2, 0.25) is 5.91 Å². The molecule has 0 spiro atoms. The Kier molecular flexibility index (Phi) is 2.93. The van der Waals surface area contributed by atoms with Gasteiger partial charge in [0.25, 0.3) is 5.91 Å². The molecule has 2 amide bonds. The number of nitrogens with zero attached hydrogens (tertiary/aromatic N) is 3. The van der Waals surface area contributed by atoms with E-state index in [2.05, 4.69) is 15.3 Å². The van der Waals surface area contributed by atoms with Crippen LogP contribution in [0, 0.1) is 0 Å². The summed E-state index contributed by atoms with van der Waals surface area (Å²) in [4.78, 5) is 33.7. The van der Waals surface area contributed by atoms with Crippen LogP contribution < -0.4 is 5.32 Å². The summed E-state index contributed by atoms with van der Waals surface area (Å²) in [5.74, 6) is 0.968. The van der Waals surface area contributed by atoms with Gasteiger partial charge in [-0.2, -0.15) is 0 Å². The molecule has 1 N–H and O–H groups in total. The van der Waals surface area contributed by atoms with E-state index >= 15 is 0 Å². The van der Waals surface area contributed by atoms with Crippen molar-refractivity contribution in [2.24, 2.45) is 0 Å². The van der Waals surface area contributed by atoms with Gasteiger partial charge in [-0.15, -0.1) is 0 Å². The lowest BCUT2D eigenvalue weighted by atomic mass is 10.2. The molecule has 0 radical (unpaired) electrons. The summed E-state index contributed by atoms with van der Waals surface area (Å²) in [5.41, 5.74) is 0.409. The topological polar surface area (TPSA) is 75.2 Å². The van der Waals surface area contributed by atoms with Crippen molar-refractivity contribution in [3.63, 3.8) is 0 Å². The molecule has 1 unspecified atom stereocenters. The van der Waals surface area contributed by atoms with Gasteiger partial charge in [-0.1, -0.05) is 0 Å². The highest BCUT2D eigenvalue weighted by molar-refractivity contribution is 5.97. The van der Waals surface area contributed by atoms with E-state index < -0.39 is 6.04 Å². The number of aromatic nitrogens is 2. The minimum Gasteiger partial charge on any atom is -0.344 e. The molecular formula is C13H16N4O2. The molecule has 6 nitrogen and oxygen atoms in total. The highest BCUT2D eigenvalue weighted by Gasteiger charge is 2.31. The highest BCUT2D eigenvalue weighted by Crippen LogP contribution is 2.37. The van der Waals surface area contributed by atoms with E-state index in [0.29, 0.717) is 24.4 Å². The van der Waals surface area contributed by atoms with Crippen molar-refractivity contribution in [3.05, 3.63) is 23.8 Å². The molecule has 3 rings (SSSR count). The van der Waals surface area contributed by atoms with E-state index in [-0.39, 0.29) is 11.8 Å². The van der Waals surface area contributed by atoms with Crippen molar-refractivity contribution in [3.8, 4) is 0 Å². The van der Waals surface area contributed by atoms with Crippen molar-refractivity contribution < 1.29 is 9.59 Å². The van der Waals surface area contributed by atoms with Gasteiger partial charge in [0.15, 0.2) is 0 Å². The molecule has 1 saturated heterocycles. The molecule has 1 aromatic heterocycles. The van der Waals surface area contributed by atoms with Crippen LogP contribution in [-0.2, 0) is 4.79 Å². The molecule has 1 aromatic rings. The molecule has 2 aliphatic rings. The number of rotatable bonds is 3. The predicted octanol–water partition coefficient (Wildman–Crippen LogP) is 0.314. The second kappa shape index (κ2) is 4.60. The fourth-order valence-electron chi connectivity index (χ4n) is 2.21. The van der Waals surface area contributed by atoms with Crippen LogP contribution in [0.2, 0.25) is 0 Å². The lowest BCUT2D eigenvalue weighted by molar-refractivity contribution is -0.128. The Morgan fingerprint density at radius 2 is 2.00 bits per heavy atom. The van der Waals surface area contributed by atoms with Crippen LogP contribution in [0.4, 0.5) is 0 Å². The first kappa shape index (κ1) is 12.1. The molecule has 1 saturated carbocycles. The van der Waals surface area contributed by atoms with E-state index in [4.69, 9.17) is 0 Å². The molecule has 0 aromatic carbocycles. The van der Waals surface area contributed by atoms with Gasteiger partial charge < -0.3 is 10.2 Å². The molecule has 19 heavy (non-hydrogen) atoms. The number of likely N-dealkylation sites (tertiary alicyclic amines) is 1. The SMILES string of the molecule is CN1CCC(NC(=O)c2cnc(C3CC3)nc2)C1=O. The summed E-state index contributed by atoms with van der Waals surface area (Å²) in [6.07, 6.45) is 6.00. The molecule has 2 heterocycles. The third-order valence-electron chi connectivity index (χ3n) is 3.61. The van der Waals surface area contributed by atoms with Gasteiger partial charge in [-0.05, 0) is 19.3 Å². The largest absolute Gasteiger partial charge is 0.344 e. The maximum Gasteiger partial charge on any atom is 0.255 e. The minimum absolute atomic E-state index is 0.0381. The average Bonchev–Trinajstić information content (AvgIpc) is 3.22. The Morgan fingerprint density at radius 1 is 1.32 bits per heavy atom. The Labute approximate surface area is 111 Å². The number of hydrogen-bond donors (Lipinski definition) is 1. The zero-order chi connectivity index (χ0) is 13.4. The number of carbonyl (C=O) groups is 2. The fraction of sp³-hybridized carbons (Fsp3) is 0.538. The Bertz CT molecular complexity index is 510. The Morgan fingerprint density at radius 3 is 2.53 bits per heavy atom. The third-order valence-corrected chi connectivity index (χ3v) is 3.61. The van der Waals surface area contributed by atoms with E-state index in [1.165, 1.54) is 0 Å². The molecule has 1 atom stereocenters. The van der Waals surface area contributed by atoms with Crippen molar-refractivity contribution in [2.75, 3.05) is 13.6 Å². The van der Waals surface area contributed by atoms with Crippen molar-refractivity contribution in [1.29, 1.82) is 0 Å². The van der Waals surface area contributed by atoms with E-state index in [1.807, 2.05) is 0 Å². The Balaban J connectivity index is 1.65. The first-order valence-electron chi connectivity index (χ1n) is 6.53. The average molecular weight is 260 g/mol. The molecule has 1 aliphatic carbocycles. The molecule has 0 bridgehead atoms. The smallest absolute Gasteiger partial charge is 0.255 e. The minimum atomic E-state index is -0.416. The molecule has 2 fully saturated rings. The van der Waals surface area contributed by atoms with Crippen LogP contribution in [0.5, 0.6) is 0 Å². The van der Waals surface area contributed by atoms with Crippen LogP contribution in [0.25, 0.3) is 0 Å². The van der Waals surface area contributed by atoms with E-state index in [1.54, 1.807) is 24.3 Å². The first-order valence-corrected chi connectivity index (χ1v) is 6.53. The first-order chi connectivity index (χ1) is 9.15. The zero-order valence-electron chi connectivity index (χ0n) is 10.8. The second-order valence-electron chi connectivity index (χ2n) is 5.18. The monoisotopic (exact) mass is 260 g/mol. The predicted molar refractivity (Wildman–Crippen MR) is 67.5 cm³/mol. The number of amides is 2. The van der Waals surface area contributed by atoms with Crippen LogP contribution >= 0.6 is 0 Å². The summed E-state index contributed by atoms with van der Waals surface area (Å²) in [6, 6.07) is -0.416. The number of likely N-dealkylation sites (N-methyl/N-ethyl adjacent to an activating group) is 1. The summed E-state index contributed by atoms with van der Waals surface area (Å²) in [7, 11) is 1.74. The quantitative estimate of drug-likeness (QED) is 0.849. The molecule has 6 heteroatoms. The number of hydrogen-bond acceptors (Lipinski definition) is 4.